The van der Waals surface area contributed by atoms with Crippen molar-refractivity contribution in [2.75, 3.05) is 6.54 Å². The van der Waals surface area contributed by atoms with Crippen LogP contribution in [0.2, 0.25) is 5.02 Å². The average molecular weight is 392 g/mol. The molecule has 4 heteroatoms. The second kappa shape index (κ2) is 7.33. The van der Waals surface area contributed by atoms with Gasteiger partial charge < -0.3 is 10.0 Å². The molecule has 1 heterocycles. The van der Waals surface area contributed by atoms with E-state index in [0.717, 1.165) is 28.7 Å². The van der Waals surface area contributed by atoms with Crippen molar-refractivity contribution in [2.45, 2.75) is 25.3 Å². The van der Waals surface area contributed by atoms with Gasteiger partial charge in [-0.3, -0.25) is 4.79 Å². The zero-order chi connectivity index (χ0) is 19.7. The Hall–Kier alpha value is -2.78. The summed E-state index contributed by atoms with van der Waals surface area (Å²) in [5.41, 5.74) is 3.26. The van der Waals surface area contributed by atoms with Gasteiger partial charge in [-0.25, -0.2) is 0 Å². The Morgan fingerprint density at radius 3 is 2.32 bits per heavy atom. The van der Waals surface area contributed by atoms with Crippen molar-refractivity contribution in [3.05, 3.63) is 100 Å². The molecule has 1 unspecified atom stereocenters. The van der Waals surface area contributed by atoms with E-state index < -0.39 is 5.54 Å². The predicted molar refractivity (Wildman–Crippen MR) is 112 cm³/mol. The van der Waals surface area contributed by atoms with E-state index in [1.165, 1.54) is 0 Å². The highest BCUT2D eigenvalue weighted by Crippen LogP contribution is 2.46. The lowest BCUT2D eigenvalue weighted by Crippen LogP contribution is -2.46. The third kappa shape index (κ3) is 2.96. The van der Waals surface area contributed by atoms with Gasteiger partial charge in [-0.1, -0.05) is 61.0 Å². The number of halogens is 1. The topological polar surface area (TPSA) is 40.5 Å². The molecule has 0 aliphatic carbocycles. The molecule has 0 fully saturated rings. The number of nitrogens with zero attached hydrogens (tertiary/aromatic N) is 1. The van der Waals surface area contributed by atoms with Gasteiger partial charge in [-0.2, -0.15) is 0 Å². The van der Waals surface area contributed by atoms with E-state index in [-0.39, 0.29) is 11.7 Å². The highest BCUT2D eigenvalue weighted by atomic mass is 35.5. The minimum absolute atomic E-state index is 0.0613. The molecule has 1 aliphatic rings. The fraction of sp³-hybridized carbons (Fsp3) is 0.208. The van der Waals surface area contributed by atoms with E-state index in [9.17, 15) is 9.90 Å². The molecule has 3 aromatic rings. The molecule has 1 N–H and O–H groups in total. The third-order valence-electron chi connectivity index (χ3n) is 5.47. The van der Waals surface area contributed by atoms with Crippen LogP contribution in [0.3, 0.4) is 0 Å². The van der Waals surface area contributed by atoms with Crippen molar-refractivity contribution in [1.82, 2.24) is 4.90 Å². The maximum Gasteiger partial charge on any atom is 0.255 e. The van der Waals surface area contributed by atoms with Gasteiger partial charge in [0.25, 0.3) is 5.91 Å². The number of amides is 1. The normalized spacial score (nSPS) is 18.4. The van der Waals surface area contributed by atoms with Crippen molar-refractivity contribution in [2.24, 2.45) is 0 Å². The lowest BCUT2D eigenvalue weighted by Gasteiger charge is -2.40. The van der Waals surface area contributed by atoms with Crippen molar-refractivity contribution in [1.29, 1.82) is 0 Å². The standard InChI is InChI=1S/C24H22ClNO2/c1-2-15-26-23(28)21-5-3-4-6-22(21)24(26,18-9-11-19(25)12-10-18)16-17-7-13-20(27)14-8-17/h3-14,27H,2,15-16H2,1H3. The summed E-state index contributed by atoms with van der Waals surface area (Å²) < 4.78 is 0. The third-order valence-corrected chi connectivity index (χ3v) is 5.73. The summed E-state index contributed by atoms with van der Waals surface area (Å²) in [6.07, 6.45) is 1.49. The number of rotatable bonds is 5. The van der Waals surface area contributed by atoms with Gasteiger partial charge in [0.15, 0.2) is 0 Å². The molecule has 1 atom stereocenters. The van der Waals surface area contributed by atoms with E-state index in [1.54, 1.807) is 12.1 Å². The first-order valence-corrected chi connectivity index (χ1v) is 9.89. The molecule has 0 saturated carbocycles. The Kier molecular flexibility index (Phi) is 4.86. The first-order valence-electron chi connectivity index (χ1n) is 9.51. The first kappa shape index (κ1) is 18.6. The minimum atomic E-state index is -0.606. The number of benzene rings is 3. The van der Waals surface area contributed by atoms with Crippen LogP contribution in [0.15, 0.2) is 72.8 Å². The maximum atomic E-state index is 13.3. The van der Waals surface area contributed by atoms with E-state index >= 15 is 0 Å². The van der Waals surface area contributed by atoms with E-state index in [2.05, 4.69) is 13.0 Å². The molecular weight excluding hydrogens is 370 g/mol. The molecule has 1 aliphatic heterocycles. The summed E-state index contributed by atoms with van der Waals surface area (Å²) in [5, 5.41) is 10.4. The number of carbonyl (C=O) groups is 1. The van der Waals surface area contributed by atoms with E-state index in [1.807, 2.05) is 59.5 Å². The highest BCUT2D eigenvalue weighted by Gasteiger charge is 2.50. The molecular formula is C24H22ClNO2. The smallest absolute Gasteiger partial charge is 0.255 e. The lowest BCUT2D eigenvalue weighted by atomic mass is 9.78. The molecule has 0 spiro atoms. The van der Waals surface area contributed by atoms with Crippen LogP contribution in [0.1, 0.15) is 40.4 Å². The largest absolute Gasteiger partial charge is 0.508 e. The number of hydrogen-bond donors (Lipinski definition) is 1. The predicted octanol–water partition coefficient (Wildman–Crippen LogP) is 5.40. The second-order valence-corrected chi connectivity index (χ2v) is 7.65. The fourth-order valence-electron chi connectivity index (χ4n) is 4.25. The van der Waals surface area contributed by atoms with Gasteiger partial charge in [0.1, 0.15) is 5.75 Å². The molecule has 3 aromatic carbocycles. The molecule has 4 rings (SSSR count). The Morgan fingerprint density at radius 2 is 1.64 bits per heavy atom. The maximum absolute atomic E-state index is 13.3. The van der Waals surface area contributed by atoms with E-state index in [0.29, 0.717) is 18.0 Å². The summed E-state index contributed by atoms with van der Waals surface area (Å²) in [4.78, 5) is 15.3. The van der Waals surface area contributed by atoms with Crippen LogP contribution in [-0.2, 0) is 12.0 Å². The van der Waals surface area contributed by atoms with Crippen LogP contribution < -0.4 is 0 Å². The zero-order valence-corrected chi connectivity index (χ0v) is 16.5. The molecule has 28 heavy (non-hydrogen) atoms. The molecule has 142 valence electrons. The van der Waals surface area contributed by atoms with Crippen LogP contribution in [0.25, 0.3) is 0 Å². The molecule has 0 bridgehead atoms. The zero-order valence-electron chi connectivity index (χ0n) is 15.7. The van der Waals surface area contributed by atoms with Crippen LogP contribution in [-0.4, -0.2) is 22.5 Å². The summed E-state index contributed by atoms with van der Waals surface area (Å²) >= 11 is 6.16. The first-order chi connectivity index (χ1) is 13.6. The van der Waals surface area contributed by atoms with Crippen molar-refractivity contribution < 1.29 is 9.90 Å². The van der Waals surface area contributed by atoms with Gasteiger partial charge in [0, 0.05) is 23.6 Å². The number of phenolic OH excluding ortho intramolecular Hbond substituents is 1. The summed E-state index contributed by atoms with van der Waals surface area (Å²) in [6.45, 7) is 2.75. The fourth-order valence-corrected chi connectivity index (χ4v) is 4.38. The van der Waals surface area contributed by atoms with Gasteiger partial charge in [0.05, 0.1) is 5.54 Å². The Morgan fingerprint density at radius 1 is 0.964 bits per heavy atom. The van der Waals surface area contributed by atoms with Crippen molar-refractivity contribution >= 4 is 17.5 Å². The quantitative estimate of drug-likeness (QED) is 0.632. The minimum Gasteiger partial charge on any atom is -0.508 e. The Labute approximate surface area is 170 Å². The summed E-state index contributed by atoms with van der Waals surface area (Å²) in [5.74, 6) is 0.295. The Balaban J connectivity index is 1.96. The highest BCUT2D eigenvalue weighted by molar-refractivity contribution is 6.30. The molecule has 0 saturated heterocycles. The van der Waals surface area contributed by atoms with Crippen LogP contribution in [0, 0.1) is 0 Å². The number of phenols is 1. The van der Waals surface area contributed by atoms with Gasteiger partial charge in [0.2, 0.25) is 0 Å². The van der Waals surface area contributed by atoms with Crippen LogP contribution >= 0.6 is 11.6 Å². The van der Waals surface area contributed by atoms with Gasteiger partial charge >= 0.3 is 0 Å². The number of hydrogen-bond acceptors (Lipinski definition) is 2. The Bertz CT molecular complexity index is 998. The van der Waals surface area contributed by atoms with Gasteiger partial charge in [-0.05, 0) is 53.4 Å². The molecule has 3 nitrogen and oxygen atoms in total. The molecule has 0 aromatic heterocycles. The van der Waals surface area contributed by atoms with Crippen LogP contribution in [0.5, 0.6) is 5.75 Å². The molecule has 1 amide bonds. The summed E-state index contributed by atoms with van der Waals surface area (Å²) in [6, 6.07) is 22.9. The number of carbonyl (C=O) groups excluding carboxylic acids is 1. The summed E-state index contributed by atoms with van der Waals surface area (Å²) in [7, 11) is 0. The SMILES string of the molecule is CCCN1C(=O)c2ccccc2C1(Cc1ccc(O)cc1)c1ccc(Cl)cc1. The van der Waals surface area contributed by atoms with Crippen molar-refractivity contribution in [3.8, 4) is 5.75 Å². The average Bonchev–Trinajstić information content (AvgIpc) is 2.94. The van der Waals surface area contributed by atoms with E-state index in [4.69, 9.17) is 11.6 Å². The number of fused-ring (bicyclic) bond motifs is 1. The van der Waals surface area contributed by atoms with Crippen molar-refractivity contribution in [3.63, 3.8) is 0 Å². The van der Waals surface area contributed by atoms with Gasteiger partial charge in [-0.15, -0.1) is 0 Å². The second-order valence-electron chi connectivity index (χ2n) is 7.21. The molecule has 0 radical (unpaired) electrons. The number of aromatic hydroxyl groups is 1. The lowest BCUT2D eigenvalue weighted by molar-refractivity contribution is 0.0622. The van der Waals surface area contributed by atoms with Crippen LogP contribution in [0.4, 0.5) is 0 Å². The monoisotopic (exact) mass is 391 g/mol.